The van der Waals surface area contributed by atoms with Crippen molar-refractivity contribution >= 4 is 17.8 Å². The molecule has 5 aliphatic rings. The summed E-state index contributed by atoms with van der Waals surface area (Å²) in [5.41, 5.74) is -0.760. The highest BCUT2D eigenvalue weighted by Crippen LogP contribution is 2.62. The minimum atomic E-state index is -0.602. The maximum absolute atomic E-state index is 12.4. The van der Waals surface area contributed by atoms with Crippen molar-refractivity contribution in [3.05, 3.63) is 0 Å². The topological polar surface area (TPSA) is 95.9 Å². The fraction of sp³-hybridized carbons (Fsp3) is 0.850. The van der Waals surface area contributed by atoms with Crippen molar-refractivity contribution in [2.75, 3.05) is 20.2 Å². The summed E-state index contributed by atoms with van der Waals surface area (Å²) in [5.74, 6) is 0.105. The summed E-state index contributed by atoms with van der Waals surface area (Å²) in [4.78, 5) is 37.6. The van der Waals surface area contributed by atoms with Crippen LogP contribution in [-0.4, -0.2) is 59.6 Å². The first-order chi connectivity index (χ1) is 12.7. The number of ether oxygens (including phenoxy) is 1. The maximum atomic E-state index is 12.4. The molecule has 4 atom stereocenters. The van der Waals surface area contributed by atoms with E-state index in [0.29, 0.717) is 18.3 Å². The molecule has 2 N–H and O–H groups in total. The molecule has 5 rings (SSSR count). The Balaban J connectivity index is 1.23. The smallest absolute Gasteiger partial charge is 0.306 e. The number of nitrogens with zero attached hydrogens (tertiary/aromatic N) is 1. The Morgan fingerprint density at radius 1 is 1.15 bits per heavy atom. The van der Waals surface area contributed by atoms with Crippen molar-refractivity contribution in [3.63, 3.8) is 0 Å². The van der Waals surface area contributed by atoms with E-state index < -0.39 is 5.60 Å². The van der Waals surface area contributed by atoms with Crippen LogP contribution in [0.5, 0.6) is 0 Å². The molecule has 150 valence electrons. The zero-order valence-electron chi connectivity index (χ0n) is 16.0. The molecule has 7 heteroatoms. The van der Waals surface area contributed by atoms with Gasteiger partial charge in [-0.15, -0.1) is 0 Å². The van der Waals surface area contributed by atoms with E-state index in [2.05, 4.69) is 5.32 Å². The highest BCUT2D eigenvalue weighted by Gasteiger charge is 2.57. The molecule has 0 aromatic carbocycles. The Morgan fingerprint density at radius 2 is 1.81 bits per heavy atom. The van der Waals surface area contributed by atoms with Crippen LogP contribution in [0.4, 0.5) is 0 Å². The normalized spacial score (nSPS) is 36.4. The van der Waals surface area contributed by atoms with Crippen LogP contribution < -0.4 is 5.32 Å². The van der Waals surface area contributed by atoms with E-state index in [4.69, 9.17) is 4.74 Å². The zero-order valence-corrected chi connectivity index (χ0v) is 16.0. The number of nitrogens with one attached hydrogen (secondary N) is 1. The van der Waals surface area contributed by atoms with Crippen LogP contribution in [0, 0.1) is 17.3 Å². The summed E-state index contributed by atoms with van der Waals surface area (Å²) in [6.07, 6.45) is 7.83. The number of rotatable bonds is 7. The van der Waals surface area contributed by atoms with Crippen molar-refractivity contribution in [3.8, 4) is 0 Å². The molecule has 2 amide bonds. The summed E-state index contributed by atoms with van der Waals surface area (Å²) < 4.78 is 5.23. The van der Waals surface area contributed by atoms with Gasteiger partial charge in [-0.1, -0.05) is 0 Å². The molecule has 0 saturated heterocycles. The van der Waals surface area contributed by atoms with E-state index in [1.807, 2.05) is 0 Å². The Kier molecular flexibility index (Phi) is 4.69. The van der Waals surface area contributed by atoms with Gasteiger partial charge in [0, 0.05) is 13.1 Å². The number of likely N-dealkylation sites (N-methyl/N-ethyl adjacent to an activating group) is 1. The molecule has 7 nitrogen and oxygen atoms in total. The lowest BCUT2D eigenvalue weighted by Crippen LogP contribution is -2.56. The molecule has 4 bridgehead atoms. The van der Waals surface area contributed by atoms with Crippen molar-refractivity contribution < 1.29 is 24.2 Å². The molecular formula is C20H30N2O5. The number of hydrogen-bond acceptors (Lipinski definition) is 5. The highest BCUT2D eigenvalue weighted by atomic mass is 16.5. The van der Waals surface area contributed by atoms with Gasteiger partial charge in [0.1, 0.15) is 0 Å². The predicted octanol–water partition coefficient (Wildman–Crippen LogP) is 0.988. The van der Waals surface area contributed by atoms with Crippen LogP contribution in [0.1, 0.15) is 57.8 Å². The van der Waals surface area contributed by atoms with Crippen LogP contribution in [0.2, 0.25) is 0 Å². The Bertz CT molecular complexity index is 630. The van der Waals surface area contributed by atoms with Gasteiger partial charge in [0.05, 0.1) is 18.6 Å². The van der Waals surface area contributed by atoms with Gasteiger partial charge < -0.3 is 20.1 Å². The van der Waals surface area contributed by atoms with Gasteiger partial charge in [-0.05, 0) is 68.6 Å². The standard InChI is InChI=1S/C20H30N2O5/c1-22(10-16(23)21-15-2-3-15)17(24)11-27-18(25)9-19-5-13-4-14(6-19)8-20(26,7-13)12-19/h13-15,26H,2-12H2,1H3,(H,21,23)/t13-,14+,19?,20?. The lowest BCUT2D eigenvalue weighted by Gasteiger charge is -2.60. The molecule has 0 heterocycles. The fourth-order valence-electron chi connectivity index (χ4n) is 6.02. The van der Waals surface area contributed by atoms with E-state index in [9.17, 15) is 19.5 Å². The molecule has 0 aromatic heterocycles. The second-order valence-electron chi connectivity index (χ2n) is 9.61. The SMILES string of the molecule is CN(CC(=O)NC1CC1)C(=O)COC(=O)CC12C[C@@H]3C[C@@H](CC(O)(C3)C1)C2. The number of amides is 2. The summed E-state index contributed by atoms with van der Waals surface area (Å²) >= 11 is 0. The molecule has 27 heavy (non-hydrogen) atoms. The molecular weight excluding hydrogens is 348 g/mol. The Morgan fingerprint density at radius 3 is 2.41 bits per heavy atom. The van der Waals surface area contributed by atoms with Crippen LogP contribution in [0.3, 0.4) is 0 Å². The second kappa shape index (κ2) is 6.76. The minimum absolute atomic E-state index is 0.0206. The van der Waals surface area contributed by atoms with Gasteiger partial charge in [0.15, 0.2) is 6.61 Å². The number of hydrogen-bond donors (Lipinski definition) is 2. The third kappa shape index (κ3) is 4.28. The van der Waals surface area contributed by atoms with Crippen LogP contribution in [0.25, 0.3) is 0 Å². The average molecular weight is 378 g/mol. The summed E-state index contributed by atoms with van der Waals surface area (Å²) in [5, 5.41) is 13.6. The van der Waals surface area contributed by atoms with E-state index in [1.165, 1.54) is 18.4 Å². The van der Waals surface area contributed by atoms with Crippen molar-refractivity contribution in [1.29, 1.82) is 0 Å². The number of esters is 1. The average Bonchev–Trinajstić information content (AvgIpc) is 3.33. The van der Waals surface area contributed by atoms with Crippen molar-refractivity contribution in [1.82, 2.24) is 10.2 Å². The molecule has 5 fully saturated rings. The number of carbonyl (C=O) groups excluding carboxylic acids is 3. The molecule has 2 unspecified atom stereocenters. The number of aliphatic hydroxyl groups is 1. The summed E-state index contributed by atoms with van der Waals surface area (Å²) in [7, 11) is 1.54. The largest absolute Gasteiger partial charge is 0.456 e. The van der Waals surface area contributed by atoms with E-state index in [1.54, 1.807) is 0 Å². The zero-order chi connectivity index (χ0) is 19.2. The van der Waals surface area contributed by atoms with E-state index >= 15 is 0 Å². The first kappa shape index (κ1) is 18.7. The van der Waals surface area contributed by atoms with E-state index in [-0.39, 0.29) is 48.8 Å². The van der Waals surface area contributed by atoms with Crippen molar-refractivity contribution in [2.24, 2.45) is 17.3 Å². The predicted molar refractivity (Wildman–Crippen MR) is 96.4 cm³/mol. The van der Waals surface area contributed by atoms with Gasteiger partial charge in [-0.3, -0.25) is 14.4 Å². The first-order valence-electron chi connectivity index (χ1n) is 10.2. The minimum Gasteiger partial charge on any atom is -0.456 e. The van der Waals surface area contributed by atoms with Gasteiger partial charge in [0.25, 0.3) is 5.91 Å². The molecule has 5 saturated carbocycles. The molecule has 0 aliphatic heterocycles. The second-order valence-corrected chi connectivity index (χ2v) is 9.61. The highest BCUT2D eigenvalue weighted by molar-refractivity contribution is 5.86. The van der Waals surface area contributed by atoms with Gasteiger partial charge in [-0.25, -0.2) is 0 Å². The maximum Gasteiger partial charge on any atom is 0.306 e. The summed E-state index contributed by atoms with van der Waals surface area (Å²) in [6.45, 7) is -0.355. The fourth-order valence-corrected chi connectivity index (χ4v) is 6.02. The summed E-state index contributed by atoms with van der Waals surface area (Å²) in [6, 6.07) is 0.258. The van der Waals surface area contributed by atoms with Crippen LogP contribution in [0.15, 0.2) is 0 Å². The van der Waals surface area contributed by atoms with Gasteiger partial charge in [0.2, 0.25) is 5.91 Å². The van der Waals surface area contributed by atoms with Gasteiger partial charge >= 0.3 is 5.97 Å². The number of carbonyl (C=O) groups is 3. The molecule has 0 spiro atoms. The monoisotopic (exact) mass is 378 g/mol. The Labute approximate surface area is 159 Å². The molecule has 5 aliphatic carbocycles. The lowest BCUT2D eigenvalue weighted by molar-refractivity contribution is -0.178. The quantitative estimate of drug-likeness (QED) is 0.644. The third-order valence-corrected chi connectivity index (χ3v) is 6.78. The van der Waals surface area contributed by atoms with E-state index in [0.717, 1.165) is 38.5 Å². The lowest BCUT2D eigenvalue weighted by atomic mass is 9.47. The molecule has 0 aromatic rings. The van der Waals surface area contributed by atoms with Crippen LogP contribution in [-0.2, 0) is 19.1 Å². The van der Waals surface area contributed by atoms with Crippen LogP contribution >= 0.6 is 0 Å². The van der Waals surface area contributed by atoms with Crippen molar-refractivity contribution in [2.45, 2.75) is 69.4 Å². The first-order valence-corrected chi connectivity index (χ1v) is 10.2. The Hall–Kier alpha value is -1.63. The third-order valence-electron chi connectivity index (χ3n) is 6.78. The molecule has 0 radical (unpaired) electrons. The van der Waals surface area contributed by atoms with Gasteiger partial charge in [-0.2, -0.15) is 0 Å².